The van der Waals surface area contributed by atoms with Crippen LogP contribution in [-0.2, 0) is 23.9 Å². The Morgan fingerprint density at radius 3 is 2.38 bits per heavy atom. The van der Waals surface area contributed by atoms with Crippen LogP contribution < -0.4 is 10.6 Å². The van der Waals surface area contributed by atoms with Gasteiger partial charge in [-0.2, -0.15) is 11.8 Å². The lowest BCUT2D eigenvalue weighted by Gasteiger charge is -2.35. The number of carbonyl (C=O) groups is 4. The molecule has 1 aromatic rings. The van der Waals surface area contributed by atoms with Gasteiger partial charge in [0.25, 0.3) is 0 Å². The minimum absolute atomic E-state index is 0.0313. The Balaban J connectivity index is 2.45. The maximum atomic E-state index is 14.2. The Kier molecular flexibility index (Phi) is 12.1. The first-order valence-electron chi connectivity index (χ1n) is 13.6. The molecule has 1 fully saturated rings. The molecule has 4 atom stereocenters. The average molecular weight is 564 g/mol. The molecular formula is C29H45N3O6S. The second kappa shape index (κ2) is 14.6. The predicted molar refractivity (Wildman–Crippen MR) is 153 cm³/mol. The van der Waals surface area contributed by atoms with Gasteiger partial charge in [-0.05, 0) is 83.4 Å². The Morgan fingerprint density at radius 2 is 1.85 bits per heavy atom. The molecule has 2 rings (SSSR count). The number of amides is 3. The van der Waals surface area contributed by atoms with Crippen LogP contribution in [0.3, 0.4) is 0 Å². The summed E-state index contributed by atoms with van der Waals surface area (Å²) in [5.74, 6) is -0.254. The quantitative estimate of drug-likeness (QED) is 0.344. The fourth-order valence-electron chi connectivity index (χ4n) is 4.46. The Bertz CT molecular complexity index is 1020. The van der Waals surface area contributed by atoms with E-state index in [0.717, 1.165) is 17.5 Å². The molecule has 1 aromatic carbocycles. The summed E-state index contributed by atoms with van der Waals surface area (Å²) in [6.07, 6.45) is 2.44. The molecule has 2 N–H and O–H groups in total. The van der Waals surface area contributed by atoms with Crippen molar-refractivity contribution < 1.29 is 28.7 Å². The van der Waals surface area contributed by atoms with E-state index >= 15 is 0 Å². The van der Waals surface area contributed by atoms with Crippen LogP contribution in [-0.4, -0.2) is 71.6 Å². The van der Waals surface area contributed by atoms with Crippen molar-refractivity contribution >= 4 is 35.6 Å². The zero-order chi connectivity index (χ0) is 29.3. The number of benzene rings is 1. The van der Waals surface area contributed by atoms with Crippen molar-refractivity contribution in [1.82, 2.24) is 15.5 Å². The molecule has 0 spiro atoms. The highest BCUT2D eigenvalue weighted by atomic mass is 32.2. The summed E-state index contributed by atoms with van der Waals surface area (Å²) in [4.78, 5) is 54.2. The Labute approximate surface area is 237 Å². The highest BCUT2D eigenvalue weighted by molar-refractivity contribution is 7.98. The number of hydrogen-bond acceptors (Lipinski definition) is 7. The third kappa shape index (κ3) is 10.1. The van der Waals surface area contributed by atoms with E-state index in [0.29, 0.717) is 17.7 Å². The molecule has 3 amide bonds. The van der Waals surface area contributed by atoms with E-state index in [-0.39, 0.29) is 43.3 Å². The molecule has 0 radical (unpaired) electrons. The van der Waals surface area contributed by atoms with Gasteiger partial charge in [0.2, 0.25) is 11.8 Å². The van der Waals surface area contributed by atoms with Crippen LogP contribution in [0.4, 0.5) is 4.79 Å². The van der Waals surface area contributed by atoms with Crippen LogP contribution in [0.1, 0.15) is 76.6 Å². The van der Waals surface area contributed by atoms with E-state index in [1.165, 1.54) is 0 Å². The van der Waals surface area contributed by atoms with Crippen LogP contribution in [0, 0.1) is 19.8 Å². The topological polar surface area (TPSA) is 114 Å². The fraction of sp³-hybridized carbons (Fsp3) is 0.655. The molecule has 1 saturated carbocycles. The lowest BCUT2D eigenvalue weighted by molar-refractivity contribution is -0.145. The maximum absolute atomic E-state index is 14.2. The second-order valence-corrected chi connectivity index (χ2v) is 12.1. The number of esters is 1. The van der Waals surface area contributed by atoms with E-state index in [4.69, 9.17) is 9.47 Å². The molecule has 9 nitrogen and oxygen atoms in total. The summed E-state index contributed by atoms with van der Waals surface area (Å²) in [6, 6.07) is 3.84. The third-order valence-electron chi connectivity index (χ3n) is 6.46. The smallest absolute Gasteiger partial charge is 0.408 e. The molecule has 0 heterocycles. The van der Waals surface area contributed by atoms with E-state index in [1.54, 1.807) is 44.4 Å². The molecule has 0 bridgehead atoms. The number of ether oxygens (including phenoxy) is 2. The van der Waals surface area contributed by atoms with Crippen molar-refractivity contribution in [2.24, 2.45) is 5.92 Å². The monoisotopic (exact) mass is 563 g/mol. The van der Waals surface area contributed by atoms with Gasteiger partial charge in [-0.25, -0.2) is 4.79 Å². The molecule has 0 aromatic heterocycles. The summed E-state index contributed by atoms with van der Waals surface area (Å²) in [5.41, 5.74) is 1.91. The summed E-state index contributed by atoms with van der Waals surface area (Å²) in [7, 11) is 0. The van der Waals surface area contributed by atoms with Crippen LogP contribution in [0.5, 0.6) is 0 Å². The molecule has 1 aliphatic rings. The van der Waals surface area contributed by atoms with Crippen molar-refractivity contribution in [3.05, 3.63) is 34.9 Å². The zero-order valence-corrected chi connectivity index (χ0v) is 25.4. The normalized spacial score (nSPS) is 17.9. The maximum Gasteiger partial charge on any atom is 0.408 e. The van der Waals surface area contributed by atoms with E-state index in [2.05, 4.69) is 10.6 Å². The lowest BCUT2D eigenvalue weighted by Crippen LogP contribution is -2.54. The van der Waals surface area contributed by atoms with Crippen LogP contribution in [0.2, 0.25) is 0 Å². The van der Waals surface area contributed by atoms with Gasteiger partial charge in [0, 0.05) is 12.6 Å². The van der Waals surface area contributed by atoms with Gasteiger partial charge in [-0.1, -0.05) is 30.7 Å². The first kappa shape index (κ1) is 32.5. The van der Waals surface area contributed by atoms with Crippen LogP contribution in [0.15, 0.2) is 18.2 Å². The van der Waals surface area contributed by atoms with Gasteiger partial charge in [-0.3, -0.25) is 14.4 Å². The van der Waals surface area contributed by atoms with E-state index in [9.17, 15) is 19.2 Å². The third-order valence-corrected chi connectivity index (χ3v) is 7.10. The summed E-state index contributed by atoms with van der Waals surface area (Å²) >= 11 is 1.57. The number of alkyl carbamates (subject to hydrolysis) is 1. The highest BCUT2D eigenvalue weighted by Crippen LogP contribution is 2.41. The fourth-order valence-corrected chi connectivity index (χ4v) is 4.93. The molecule has 4 unspecified atom stereocenters. The lowest BCUT2D eigenvalue weighted by atomic mass is 9.96. The summed E-state index contributed by atoms with van der Waals surface area (Å²) in [5, 5.41) is 5.62. The van der Waals surface area contributed by atoms with Gasteiger partial charge in [0.05, 0.1) is 13.0 Å². The van der Waals surface area contributed by atoms with Crippen molar-refractivity contribution in [1.29, 1.82) is 0 Å². The SMILES string of the molecule is CCOC(=O)CCNC(=O)C(c1ccc(C)cc1C)N(C(=O)C(CCSC)NC(=O)OC(C)(C)C)C1CC1C. The van der Waals surface area contributed by atoms with Crippen molar-refractivity contribution in [2.75, 3.05) is 25.2 Å². The Hall–Kier alpha value is -2.75. The minimum Gasteiger partial charge on any atom is -0.466 e. The van der Waals surface area contributed by atoms with Gasteiger partial charge >= 0.3 is 12.1 Å². The van der Waals surface area contributed by atoms with Gasteiger partial charge in [0.1, 0.15) is 17.7 Å². The van der Waals surface area contributed by atoms with Gasteiger partial charge in [-0.15, -0.1) is 0 Å². The van der Waals surface area contributed by atoms with E-state index in [1.807, 2.05) is 45.2 Å². The standard InChI is InChI=1S/C29H45N3O6S/c1-9-37-24(33)12-14-30-26(34)25(21-11-10-18(2)16-19(21)3)32(23-17-20(23)4)27(35)22(13-15-39-8)31-28(36)38-29(5,6)7/h10-11,16,20,22-23,25H,9,12-15,17H2,1-8H3,(H,30,34)(H,31,36). The van der Waals surface area contributed by atoms with Gasteiger partial charge < -0.3 is 25.0 Å². The molecule has 10 heteroatoms. The number of nitrogens with zero attached hydrogens (tertiary/aromatic N) is 1. The van der Waals surface area contributed by atoms with Crippen molar-refractivity contribution in [3.63, 3.8) is 0 Å². The zero-order valence-electron chi connectivity index (χ0n) is 24.6. The molecule has 0 saturated heterocycles. The predicted octanol–water partition coefficient (Wildman–Crippen LogP) is 4.30. The molecule has 0 aliphatic heterocycles. The first-order valence-corrected chi connectivity index (χ1v) is 15.0. The largest absolute Gasteiger partial charge is 0.466 e. The number of carbonyl (C=O) groups excluding carboxylic acids is 4. The molecule has 218 valence electrons. The number of hydrogen-bond donors (Lipinski definition) is 2. The van der Waals surface area contributed by atoms with Crippen LogP contribution >= 0.6 is 11.8 Å². The number of aryl methyl sites for hydroxylation is 2. The Morgan fingerprint density at radius 1 is 1.18 bits per heavy atom. The molecular weight excluding hydrogens is 518 g/mol. The van der Waals surface area contributed by atoms with Gasteiger partial charge in [0.15, 0.2) is 0 Å². The molecule has 1 aliphatic carbocycles. The van der Waals surface area contributed by atoms with E-state index < -0.39 is 29.7 Å². The number of rotatable bonds is 13. The van der Waals surface area contributed by atoms with Crippen molar-refractivity contribution in [2.45, 2.75) is 91.5 Å². The highest BCUT2D eigenvalue weighted by Gasteiger charge is 2.48. The van der Waals surface area contributed by atoms with Crippen LogP contribution in [0.25, 0.3) is 0 Å². The number of nitrogens with one attached hydrogen (secondary N) is 2. The molecule has 39 heavy (non-hydrogen) atoms. The minimum atomic E-state index is -0.924. The second-order valence-electron chi connectivity index (χ2n) is 11.1. The first-order chi connectivity index (χ1) is 18.3. The summed E-state index contributed by atoms with van der Waals surface area (Å²) < 4.78 is 10.4. The number of thioether (sulfide) groups is 1. The van der Waals surface area contributed by atoms with Crippen molar-refractivity contribution in [3.8, 4) is 0 Å². The summed E-state index contributed by atoms with van der Waals surface area (Å²) in [6.45, 7) is 13.3. The average Bonchev–Trinajstić information content (AvgIpc) is 3.54.